The summed E-state index contributed by atoms with van der Waals surface area (Å²) in [6, 6.07) is 3.73. The number of aryl methyl sites for hydroxylation is 2. The number of carbonyl (C=O) groups excluding carboxylic acids is 1. The highest BCUT2D eigenvalue weighted by Gasteiger charge is 2.02. The van der Waals surface area contributed by atoms with Crippen LogP contribution in [0.4, 0.5) is 0 Å². The molecule has 0 atom stereocenters. The van der Waals surface area contributed by atoms with E-state index in [-0.39, 0.29) is 6.61 Å². The highest BCUT2D eigenvalue weighted by atomic mass is 16.5. The minimum absolute atomic E-state index is 0.0950. The van der Waals surface area contributed by atoms with Gasteiger partial charge in [0.2, 0.25) is 0 Å². The lowest BCUT2D eigenvalue weighted by Crippen LogP contribution is -2.02. The second kappa shape index (κ2) is 4.60. The number of nitrogens with zero attached hydrogens (tertiary/aromatic N) is 1. The first-order valence-electron chi connectivity index (χ1n) is 4.31. The zero-order chi connectivity index (χ0) is 9.68. The maximum absolute atomic E-state index is 10.1. The fourth-order valence-corrected chi connectivity index (χ4v) is 1.11. The van der Waals surface area contributed by atoms with Crippen LogP contribution in [0.25, 0.3) is 0 Å². The monoisotopic (exact) mass is 179 g/mol. The Kier molecular flexibility index (Phi) is 3.43. The van der Waals surface area contributed by atoms with Crippen LogP contribution in [-0.4, -0.2) is 17.9 Å². The van der Waals surface area contributed by atoms with Crippen molar-refractivity contribution in [2.45, 2.75) is 20.3 Å². The van der Waals surface area contributed by atoms with Gasteiger partial charge in [-0.1, -0.05) is 6.92 Å². The highest BCUT2D eigenvalue weighted by molar-refractivity contribution is 5.51. The summed E-state index contributed by atoms with van der Waals surface area (Å²) in [5.41, 5.74) is 1.87. The maximum atomic E-state index is 10.1. The van der Waals surface area contributed by atoms with Crippen molar-refractivity contribution in [3.63, 3.8) is 0 Å². The van der Waals surface area contributed by atoms with E-state index in [2.05, 4.69) is 4.98 Å². The predicted octanol–water partition coefficient (Wildman–Crippen LogP) is 1.53. The lowest BCUT2D eigenvalue weighted by molar-refractivity contribution is -0.109. The molecule has 1 aromatic heterocycles. The Labute approximate surface area is 77.8 Å². The molecule has 0 aliphatic heterocycles. The molecule has 0 radical (unpaired) electrons. The van der Waals surface area contributed by atoms with Gasteiger partial charge >= 0.3 is 0 Å². The molecule has 70 valence electrons. The summed E-state index contributed by atoms with van der Waals surface area (Å²) in [5.74, 6) is 0.709. The molecule has 3 nitrogen and oxygen atoms in total. The van der Waals surface area contributed by atoms with Crippen molar-refractivity contribution in [3.05, 3.63) is 23.5 Å². The van der Waals surface area contributed by atoms with Crippen LogP contribution in [-0.2, 0) is 11.2 Å². The van der Waals surface area contributed by atoms with Gasteiger partial charge in [-0.15, -0.1) is 0 Å². The molecular weight excluding hydrogens is 166 g/mol. The van der Waals surface area contributed by atoms with E-state index in [0.29, 0.717) is 5.75 Å². The molecule has 3 heteroatoms. The summed E-state index contributed by atoms with van der Waals surface area (Å²) in [4.78, 5) is 14.4. The first-order valence-corrected chi connectivity index (χ1v) is 4.31. The van der Waals surface area contributed by atoms with Crippen LogP contribution < -0.4 is 4.74 Å². The Morgan fingerprint density at radius 1 is 1.54 bits per heavy atom. The van der Waals surface area contributed by atoms with Gasteiger partial charge in [-0.3, -0.25) is 9.78 Å². The van der Waals surface area contributed by atoms with E-state index in [1.165, 1.54) is 0 Å². The summed E-state index contributed by atoms with van der Waals surface area (Å²) in [7, 11) is 0. The van der Waals surface area contributed by atoms with Crippen molar-refractivity contribution < 1.29 is 9.53 Å². The van der Waals surface area contributed by atoms with Crippen LogP contribution in [0.1, 0.15) is 18.3 Å². The fraction of sp³-hybridized carbons (Fsp3) is 0.400. The standard InChI is InChI=1S/C10H13NO2/c1-3-9-10(13-7-6-12)5-4-8(2)11-9/h4-6H,3,7H2,1-2H3. The maximum Gasteiger partial charge on any atom is 0.157 e. The summed E-state index contributed by atoms with van der Waals surface area (Å²) in [5, 5.41) is 0. The van der Waals surface area contributed by atoms with Crippen molar-refractivity contribution in [2.75, 3.05) is 6.61 Å². The molecule has 0 saturated carbocycles. The zero-order valence-corrected chi connectivity index (χ0v) is 7.91. The Morgan fingerprint density at radius 2 is 2.31 bits per heavy atom. The van der Waals surface area contributed by atoms with Gasteiger partial charge < -0.3 is 4.74 Å². The summed E-state index contributed by atoms with van der Waals surface area (Å²) in [6.07, 6.45) is 1.55. The molecule has 0 amide bonds. The molecule has 0 aliphatic rings. The van der Waals surface area contributed by atoms with E-state index in [4.69, 9.17) is 4.74 Å². The Balaban J connectivity index is 2.85. The third-order valence-electron chi connectivity index (χ3n) is 1.71. The molecule has 0 aliphatic carbocycles. The highest BCUT2D eigenvalue weighted by Crippen LogP contribution is 2.16. The molecule has 0 fully saturated rings. The lowest BCUT2D eigenvalue weighted by atomic mass is 10.2. The molecule has 0 saturated heterocycles. The lowest BCUT2D eigenvalue weighted by Gasteiger charge is -2.07. The Hall–Kier alpha value is -1.38. The summed E-state index contributed by atoms with van der Waals surface area (Å²) in [6.45, 7) is 4.04. The third kappa shape index (κ3) is 2.54. The summed E-state index contributed by atoms with van der Waals surface area (Å²) >= 11 is 0. The quantitative estimate of drug-likeness (QED) is 0.658. The van der Waals surface area contributed by atoms with Crippen LogP contribution >= 0.6 is 0 Å². The number of rotatable bonds is 4. The number of pyridine rings is 1. The molecular formula is C10H13NO2. The van der Waals surface area contributed by atoms with Crippen molar-refractivity contribution in [3.8, 4) is 5.75 Å². The number of carbonyl (C=O) groups is 1. The van der Waals surface area contributed by atoms with E-state index in [1.807, 2.05) is 26.0 Å². The number of hydrogen-bond donors (Lipinski definition) is 0. The van der Waals surface area contributed by atoms with Gasteiger partial charge in [-0.05, 0) is 25.5 Å². The molecule has 0 spiro atoms. The largest absolute Gasteiger partial charge is 0.484 e. The van der Waals surface area contributed by atoms with Gasteiger partial charge in [0.1, 0.15) is 12.4 Å². The van der Waals surface area contributed by atoms with Crippen LogP contribution in [0.2, 0.25) is 0 Å². The molecule has 0 aromatic carbocycles. The average molecular weight is 179 g/mol. The predicted molar refractivity (Wildman–Crippen MR) is 49.9 cm³/mol. The molecule has 0 unspecified atom stereocenters. The first kappa shape index (κ1) is 9.71. The Bertz CT molecular complexity index is 297. The minimum Gasteiger partial charge on any atom is -0.484 e. The number of ether oxygens (including phenoxy) is 1. The van der Waals surface area contributed by atoms with Crippen molar-refractivity contribution in [1.82, 2.24) is 4.98 Å². The molecule has 0 bridgehead atoms. The number of aldehydes is 1. The molecule has 13 heavy (non-hydrogen) atoms. The van der Waals surface area contributed by atoms with Gasteiger partial charge in [0.25, 0.3) is 0 Å². The number of aromatic nitrogens is 1. The smallest absolute Gasteiger partial charge is 0.157 e. The first-order chi connectivity index (χ1) is 6.27. The van der Waals surface area contributed by atoms with Crippen LogP contribution in [0.5, 0.6) is 5.75 Å². The van der Waals surface area contributed by atoms with E-state index in [0.717, 1.165) is 24.1 Å². The van der Waals surface area contributed by atoms with Crippen LogP contribution in [0.15, 0.2) is 12.1 Å². The second-order valence-electron chi connectivity index (χ2n) is 2.73. The van der Waals surface area contributed by atoms with Crippen molar-refractivity contribution in [1.29, 1.82) is 0 Å². The van der Waals surface area contributed by atoms with Gasteiger partial charge in [0.05, 0.1) is 5.69 Å². The Morgan fingerprint density at radius 3 is 2.92 bits per heavy atom. The van der Waals surface area contributed by atoms with E-state index in [1.54, 1.807) is 0 Å². The average Bonchev–Trinajstić information content (AvgIpc) is 2.16. The van der Waals surface area contributed by atoms with Crippen LogP contribution in [0.3, 0.4) is 0 Å². The van der Waals surface area contributed by atoms with Crippen LogP contribution in [0, 0.1) is 6.92 Å². The van der Waals surface area contributed by atoms with E-state index in [9.17, 15) is 4.79 Å². The number of hydrogen-bond acceptors (Lipinski definition) is 3. The van der Waals surface area contributed by atoms with Crippen molar-refractivity contribution in [2.24, 2.45) is 0 Å². The molecule has 1 rings (SSSR count). The topological polar surface area (TPSA) is 39.2 Å². The van der Waals surface area contributed by atoms with Gasteiger partial charge in [-0.25, -0.2) is 0 Å². The van der Waals surface area contributed by atoms with E-state index >= 15 is 0 Å². The normalized spacial score (nSPS) is 9.69. The molecule has 1 heterocycles. The van der Waals surface area contributed by atoms with Gasteiger partial charge in [0.15, 0.2) is 6.29 Å². The van der Waals surface area contributed by atoms with Gasteiger partial charge in [-0.2, -0.15) is 0 Å². The SMILES string of the molecule is CCc1nc(C)ccc1OCC=O. The minimum atomic E-state index is 0.0950. The molecule has 1 aromatic rings. The molecule has 0 N–H and O–H groups in total. The van der Waals surface area contributed by atoms with Crippen molar-refractivity contribution >= 4 is 6.29 Å². The fourth-order valence-electron chi connectivity index (χ4n) is 1.11. The van der Waals surface area contributed by atoms with Gasteiger partial charge in [0, 0.05) is 5.69 Å². The zero-order valence-electron chi connectivity index (χ0n) is 7.91. The second-order valence-corrected chi connectivity index (χ2v) is 2.73. The van der Waals surface area contributed by atoms with E-state index < -0.39 is 0 Å². The third-order valence-corrected chi connectivity index (χ3v) is 1.71. The summed E-state index contributed by atoms with van der Waals surface area (Å²) < 4.78 is 5.20.